The van der Waals surface area contributed by atoms with Gasteiger partial charge in [0.2, 0.25) is 11.8 Å². The van der Waals surface area contributed by atoms with E-state index in [1.165, 1.54) is 10.8 Å². The molecule has 1 saturated carbocycles. The number of fused-ring (bicyclic) bond motifs is 1. The van der Waals surface area contributed by atoms with Crippen LogP contribution in [0.1, 0.15) is 47.2 Å². The molecule has 2 aromatic rings. The Kier molecular flexibility index (Phi) is 4.95. The van der Waals surface area contributed by atoms with Crippen LogP contribution in [0.3, 0.4) is 0 Å². The summed E-state index contributed by atoms with van der Waals surface area (Å²) in [6, 6.07) is 5.56. The van der Waals surface area contributed by atoms with Crippen LogP contribution in [0.25, 0.3) is 11.8 Å². The molecule has 0 saturated heterocycles. The number of allylic oxidation sites excluding steroid dienone is 1. The minimum absolute atomic E-state index is 0.0261. The van der Waals surface area contributed by atoms with Crippen LogP contribution < -0.4 is 5.43 Å². The largest absolute Gasteiger partial charge is 0.494 e. The number of amides is 1. The van der Waals surface area contributed by atoms with Crippen LogP contribution in [-0.4, -0.2) is 28.0 Å². The maximum absolute atomic E-state index is 13.4. The van der Waals surface area contributed by atoms with Crippen molar-refractivity contribution < 1.29 is 23.1 Å². The fraction of sp³-hybridized carbons (Fsp3) is 0.364. The Bertz CT molecular complexity index is 1060. The first-order valence-electron chi connectivity index (χ1n) is 9.81. The average Bonchev–Trinajstić information content (AvgIpc) is 3.45. The molecule has 0 atom stereocenters. The van der Waals surface area contributed by atoms with Crippen molar-refractivity contribution in [1.29, 1.82) is 0 Å². The molecule has 4 rings (SSSR count). The van der Waals surface area contributed by atoms with E-state index in [1.54, 1.807) is 12.1 Å². The number of carbonyl (C=O) groups is 1. The maximum Gasteiger partial charge on any atom is 0.412 e. The summed E-state index contributed by atoms with van der Waals surface area (Å²) in [5, 5.41) is 14.9. The second-order valence-electron chi connectivity index (χ2n) is 7.96. The van der Waals surface area contributed by atoms with E-state index in [0.29, 0.717) is 16.8 Å². The highest BCUT2D eigenvalue weighted by atomic mass is 19.4. The fourth-order valence-corrected chi connectivity index (χ4v) is 3.85. The molecule has 1 aromatic heterocycles. The monoisotopic (exact) mass is 417 g/mol. The van der Waals surface area contributed by atoms with E-state index < -0.39 is 11.7 Å². The minimum atomic E-state index is -4.43. The lowest BCUT2D eigenvalue weighted by molar-refractivity contribution is -0.122. The number of hydrogen-bond donors (Lipinski definition) is 2. The molecule has 1 amide bonds. The Hall–Kier alpha value is -3.03. The molecular formula is C22H22F3N3O2. The number of aromatic nitrogens is 1. The lowest BCUT2D eigenvalue weighted by Crippen LogP contribution is -2.19. The first kappa shape index (κ1) is 20.3. The van der Waals surface area contributed by atoms with Crippen molar-refractivity contribution in [1.82, 2.24) is 9.99 Å². The van der Waals surface area contributed by atoms with Gasteiger partial charge >= 0.3 is 6.18 Å². The standard InChI is InChI=1S/C22H22F3N3O2/c1-12-7-13(2)9-16(8-12)28-19-10-15(22(23,24)25)5-6-17(19)18(21(28)30)11-26-27-20(29)14-3-4-14/h7-11,14,30H,3-6H2,1-2H3,(H,27,29). The van der Waals surface area contributed by atoms with Gasteiger partial charge in [0.25, 0.3) is 0 Å². The van der Waals surface area contributed by atoms with Gasteiger partial charge < -0.3 is 5.11 Å². The summed E-state index contributed by atoms with van der Waals surface area (Å²) < 4.78 is 41.5. The topological polar surface area (TPSA) is 66.6 Å². The van der Waals surface area contributed by atoms with Crippen LogP contribution in [0.15, 0.2) is 28.9 Å². The summed E-state index contributed by atoms with van der Waals surface area (Å²) in [6.07, 6.45) is -0.425. The van der Waals surface area contributed by atoms with E-state index in [9.17, 15) is 23.1 Å². The third-order valence-electron chi connectivity index (χ3n) is 5.43. The number of rotatable bonds is 4. The zero-order valence-corrected chi connectivity index (χ0v) is 16.7. The Morgan fingerprint density at radius 3 is 2.47 bits per heavy atom. The van der Waals surface area contributed by atoms with Crippen molar-refractivity contribution in [2.45, 2.75) is 45.7 Å². The van der Waals surface area contributed by atoms with Crippen molar-refractivity contribution in [3.63, 3.8) is 0 Å². The molecule has 30 heavy (non-hydrogen) atoms. The van der Waals surface area contributed by atoms with Gasteiger partial charge in [0.15, 0.2) is 0 Å². The molecule has 2 N–H and O–H groups in total. The maximum atomic E-state index is 13.4. The minimum Gasteiger partial charge on any atom is -0.494 e. The van der Waals surface area contributed by atoms with Gasteiger partial charge in [-0.05, 0) is 74.4 Å². The number of halogens is 3. The molecule has 1 aromatic carbocycles. The van der Waals surface area contributed by atoms with Crippen molar-refractivity contribution in [3.8, 4) is 11.6 Å². The van der Waals surface area contributed by atoms with Gasteiger partial charge in [-0.3, -0.25) is 9.36 Å². The summed E-state index contributed by atoms with van der Waals surface area (Å²) in [5.41, 5.74) is 5.40. The van der Waals surface area contributed by atoms with Gasteiger partial charge in [-0.2, -0.15) is 18.3 Å². The predicted molar refractivity (Wildman–Crippen MR) is 108 cm³/mol. The molecule has 158 valence electrons. The average molecular weight is 417 g/mol. The van der Waals surface area contributed by atoms with Crippen LogP contribution in [0.5, 0.6) is 5.88 Å². The van der Waals surface area contributed by atoms with Crippen LogP contribution in [0, 0.1) is 19.8 Å². The van der Waals surface area contributed by atoms with Crippen molar-refractivity contribution in [3.05, 3.63) is 51.7 Å². The molecule has 5 nitrogen and oxygen atoms in total. The zero-order valence-electron chi connectivity index (χ0n) is 16.7. The number of nitrogens with zero attached hydrogens (tertiary/aromatic N) is 2. The highest BCUT2D eigenvalue weighted by molar-refractivity contribution is 5.90. The molecule has 0 aliphatic heterocycles. The van der Waals surface area contributed by atoms with E-state index in [0.717, 1.165) is 30.0 Å². The molecule has 1 heterocycles. The Labute approximate surface area is 171 Å². The second kappa shape index (κ2) is 7.34. The first-order valence-corrected chi connectivity index (χ1v) is 9.81. The van der Waals surface area contributed by atoms with Crippen molar-refractivity contribution in [2.24, 2.45) is 11.0 Å². The Morgan fingerprint density at radius 1 is 1.20 bits per heavy atom. The molecule has 0 unspecified atom stereocenters. The first-order chi connectivity index (χ1) is 14.1. The van der Waals surface area contributed by atoms with E-state index in [2.05, 4.69) is 10.5 Å². The summed E-state index contributed by atoms with van der Waals surface area (Å²) in [6.45, 7) is 3.77. The number of carbonyl (C=O) groups excluding carboxylic acids is 1. The van der Waals surface area contributed by atoms with Crippen LogP contribution in [0.4, 0.5) is 13.2 Å². The normalized spacial score (nSPS) is 16.5. The zero-order chi connectivity index (χ0) is 21.6. The van der Waals surface area contributed by atoms with Gasteiger partial charge in [-0.25, -0.2) is 5.43 Å². The molecule has 1 fully saturated rings. The lowest BCUT2D eigenvalue weighted by Gasteiger charge is -2.18. The SMILES string of the molecule is Cc1cc(C)cc(-n2c(O)c(C=NNC(=O)C3CC3)c3c2C=C(C(F)(F)F)CC3)c1. The highest BCUT2D eigenvalue weighted by Gasteiger charge is 2.37. The molecule has 0 spiro atoms. The van der Waals surface area contributed by atoms with E-state index >= 15 is 0 Å². The van der Waals surface area contributed by atoms with E-state index in [-0.39, 0.29) is 36.2 Å². The quantitative estimate of drug-likeness (QED) is 0.566. The molecule has 2 aliphatic rings. The van der Waals surface area contributed by atoms with Crippen molar-refractivity contribution >= 4 is 18.2 Å². The number of aromatic hydroxyl groups is 1. The van der Waals surface area contributed by atoms with Crippen molar-refractivity contribution in [2.75, 3.05) is 0 Å². The number of hydrazone groups is 1. The number of aryl methyl sites for hydroxylation is 2. The van der Waals surface area contributed by atoms with Gasteiger partial charge in [0.05, 0.1) is 17.5 Å². The molecule has 0 radical (unpaired) electrons. The van der Waals surface area contributed by atoms with Crippen LogP contribution in [-0.2, 0) is 11.2 Å². The van der Waals surface area contributed by atoms with Crippen LogP contribution in [0.2, 0.25) is 0 Å². The lowest BCUT2D eigenvalue weighted by atomic mass is 9.94. The number of hydrogen-bond acceptors (Lipinski definition) is 3. The number of benzene rings is 1. The highest BCUT2D eigenvalue weighted by Crippen LogP contribution is 2.41. The summed E-state index contributed by atoms with van der Waals surface area (Å²) in [5.74, 6) is -0.413. The Balaban J connectivity index is 1.82. The third kappa shape index (κ3) is 3.86. The van der Waals surface area contributed by atoms with Gasteiger partial charge in [0, 0.05) is 17.2 Å². The summed E-state index contributed by atoms with van der Waals surface area (Å²) in [7, 11) is 0. The Morgan fingerprint density at radius 2 is 1.87 bits per heavy atom. The van der Waals surface area contributed by atoms with Gasteiger partial charge in [-0.15, -0.1) is 0 Å². The predicted octanol–water partition coefficient (Wildman–Crippen LogP) is 4.55. The summed E-state index contributed by atoms with van der Waals surface area (Å²) >= 11 is 0. The van der Waals surface area contributed by atoms with Gasteiger partial charge in [-0.1, -0.05) is 6.07 Å². The van der Waals surface area contributed by atoms with Crippen LogP contribution >= 0.6 is 0 Å². The second-order valence-corrected chi connectivity index (χ2v) is 7.96. The molecule has 0 bridgehead atoms. The molecule has 8 heteroatoms. The third-order valence-corrected chi connectivity index (χ3v) is 5.43. The smallest absolute Gasteiger partial charge is 0.412 e. The molecular weight excluding hydrogens is 395 g/mol. The molecule has 2 aliphatic carbocycles. The number of nitrogens with one attached hydrogen (secondary N) is 1. The fourth-order valence-electron chi connectivity index (χ4n) is 3.85. The van der Waals surface area contributed by atoms with Gasteiger partial charge in [0.1, 0.15) is 0 Å². The van der Waals surface area contributed by atoms with E-state index in [4.69, 9.17) is 0 Å². The van der Waals surface area contributed by atoms with E-state index in [1.807, 2.05) is 19.9 Å². The summed E-state index contributed by atoms with van der Waals surface area (Å²) in [4.78, 5) is 11.8. The number of alkyl halides is 3.